The van der Waals surface area contributed by atoms with E-state index >= 15 is 0 Å². The highest BCUT2D eigenvalue weighted by atomic mass is 32.2. The molecule has 0 unspecified atom stereocenters. The molecule has 2 nitrogen and oxygen atoms in total. The predicted octanol–water partition coefficient (Wildman–Crippen LogP) is 1.30. The second kappa shape index (κ2) is 4.68. The van der Waals surface area contributed by atoms with Crippen LogP contribution >= 0.6 is 11.8 Å². The van der Waals surface area contributed by atoms with Crippen LogP contribution in [0.3, 0.4) is 0 Å². The van der Waals surface area contributed by atoms with Crippen LogP contribution in [0.1, 0.15) is 14.7 Å². The molecule has 0 spiro atoms. The van der Waals surface area contributed by atoms with Gasteiger partial charge in [-0.15, -0.1) is 0 Å². The average Bonchev–Trinajstić information content (AvgIpc) is 2.00. The molecule has 0 bridgehead atoms. The molecule has 0 fully saturated rings. The summed E-state index contributed by atoms with van der Waals surface area (Å²) in [5.74, 6) is -0.457. The lowest BCUT2D eigenvalue weighted by Crippen LogP contribution is -2.07. The van der Waals surface area contributed by atoms with Crippen molar-refractivity contribution >= 4 is 17.7 Å². The van der Waals surface area contributed by atoms with Gasteiger partial charge in [-0.3, -0.25) is 4.79 Å². The van der Waals surface area contributed by atoms with Gasteiger partial charge in [-0.2, -0.15) is 11.8 Å². The van der Waals surface area contributed by atoms with Crippen molar-refractivity contribution in [3.63, 3.8) is 0 Å². The lowest BCUT2D eigenvalue weighted by atomic mass is 10.3. The lowest BCUT2D eigenvalue weighted by molar-refractivity contribution is -0.140. The minimum absolute atomic E-state index is 0.00690. The smallest absolute Gasteiger partial charge is 0.306 e. The molecule has 0 aromatic rings. The summed E-state index contributed by atoms with van der Waals surface area (Å²) < 4.78 is 11.7. The van der Waals surface area contributed by atoms with E-state index < -0.39 is 12.4 Å². The summed E-state index contributed by atoms with van der Waals surface area (Å²) in [5, 5.41) is 0.00690. The molecule has 0 rings (SSSR count). The summed E-state index contributed by atoms with van der Waals surface area (Å²) >= 11 is 1.49. The SMILES string of the molecule is [2H][C@H](C(=O)OC)[C@@H](C)SC. The minimum Gasteiger partial charge on any atom is -0.469 e. The van der Waals surface area contributed by atoms with Gasteiger partial charge in [-0.25, -0.2) is 0 Å². The van der Waals surface area contributed by atoms with Crippen LogP contribution in [0.5, 0.6) is 0 Å². The maximum Gasteiger partial charge on any atom is 0.306 e. The van der Waals surface area contributed by atoms with Crippen molar-refractivity contribution in [2.45, 2.75) is 18.6 Å². The first-order valence-electron chi connectivity index (χ1n) is 3.24. The van der Waals surface area contributed by atoms with Crippen LogP contribution in [0.4, 0.5) is 0 Å². The zero-order chi connectivity index (χ0) is 8.15. The van der Waals surface area contributed by atoms with Crippen LogP contribution in [-0.4, -0.2) is 24.6 Å². The van der Waals surface area contributed by atoms with Crippen LogP contribution < -0.4 is 0 Å². The Labute approximate surface area is 61.4 Å². The summed E-state index contributed by atoms with van der Waals surface area (Å²) in [4.78, 5) is 10.7. The fraction of sp³-hybridized carbons (Fsp3) is 0.833. The van der Waals surface area contributed by atoms with Gasteiger partial charge < -0.3 is 4.74 Å². The van der Waals surface area contributed by atoms with E-state index in [2.05, 4.69) is 4.74 Å². The fourth-order valence-corrected chi connectivity index (χ4v) is 0.575. The first-order valence-corrected chi connectivity index (χ1v) is 3.95. The van der Waals surface area contributed by atoms with Gasteiger partial charge in [0.1, 0.15) is 0 Å². The molecule has 0 aromatic carbocycles. The number of esters is 1. The van der Waals surface area contributed by atoms with Crippen LogP contribution in [0.2, 0.25) is 0 Å². The van der Waals surface area contributed by atoms with Gasteiger partial charge in [0.2, 0.25) is 0 Å². The Morgan fingerprint density at radius 3 is 2.89 bits per heavy atom. The standard InChI is InChI=1S/C6H12O2S/c1-5(9-3)4-6(7)8-2/h5H,4H2,1-3H3/t5-/m1/s1/i4D/t4-,5+/m0. The molecular weight excluding hydrogens is 136 g/mol. The highest BCUT2D eigenvalue weighted by Crippen LogP contribution is 2.09. The maximum atomic E-state index is 10.7. The zero-order valence-electron chi connectivity index (χ0n) is 6.88. The van der Waals surface area contributed by atoms with Crippen molar-refractivity contribution in [3.8, 4) is 0 Å². The van der Waals surface area contributed by atoms with Crippen molar-refractivity contribution in [1.82, 2.24) is 0 Å². The summed E-state index contributed by atoms with van der Waals surface area (Å²) in [6, 6.07) is 0. The summed E-state index contributed by atoms with van der Waals surface area (Å²) in [5.41, 5.74) is 0. The highest BCUT2D eigenvalue weighted by molar-refractivity contribution is 7.99. The molecule has 0 radical (unpaired) electrons. The lowest BCUT2D eigenvalue weighted by Gasteiger charge is -2.03. The number of hydrogen-bond acceptors (Lipinski definition) is 3. The molecule has 0 aliphatic heterocycles. The maximum absolute atomic E-state index is 10.7. The normalized spacial score (nSPS) is 17.9. The number of rotatable bonds is 3. The zero-order valence-corrected chi connectivity index (χ0v) is 6.70. The minimum atomic E-state index is -0.750. The highest BCUT2D eigenvalue weighted by Gasteiger charge is 2.05. The average molecular weight is 149 g/mol. The van der Waals surface area contributed by atoms with Crippen molar-refractivity contribution < 1.29 is 10.9 Å². The number of ether oxygens (including phenoxy) is 1. The van der Waals surface area contributed by atoms with Crippen molar-refractivity contribution in [2.24, 2.45) is 0 Å². The van der Waals surface area contributed by atoms with Crippen LogP contribution in [-0.2, 0) is 9.53 Å². The van der Waals surface area contributed by atoms with Gasteiger partial charge in [-0.05, 0) is 6.26 Å². The molecule has 9 heavy (non-hydrogen) atoms. The Bertz CT molecular complexity index is 118. The summed E-state index contributed by atoms with van der Waals surface area (Å²) in [6.07, 6.45) is 1.12. The van der Waals surface area contributed by atoms with Gasteiger partial charge in [0.15, 0.2) is 0 Å². The molecule has 0 saturated carbocycles. The number of carbonyl (C=O) groups excluding carboxylic acids is 1. The molecule has 0 aromatic heterocycles. The molecule has 2 atom stereocenters. The van der Waals surface area contributed by atoms with Gasteiger partial charge >= 0.3 is 5.97 Å². The van der Waals surface area contributed by atoms with Gasteiger partial charge in [-0.1, -0.05) is 6.92 Å². The molecule has 54 valence electrons. The number of methoxy groups -OCH3 is 1. The molecular formula is C6H12O2S. The van der Waals surface area contributed by atoms with Crippen molar-refractivity contribution in [3.05, 3.63) is 0 Å². The van der Waals surface area contributed by atoms with Crippen LogP contribution in [0.15, 0.2) is 0 Å². The van der Waals surface area contributed by atoms with E-state index in [1.54, 1.807) is 0 Å². The fourth-order valence-electron chi connectivity index (χ4n) is 0.328. The Hall–Kier alpha value is -0.180. The first-order chi connectivity index (χ1) is 4.63. The monoisotopic (exact) mass is 149 g/mol. The van der Waals surface area contributed by atoms with Gasteiger partial charge in [0, 0.05) is 6.62 Å². The number of carbonyl (C=O) groups is 1. The molecule has 3 heteroatoms. The van der Waals surface area contributed by atoms with Crippen LogP contribution in [0.25, 0.3) is 0 Å². The predicted molar refractivity (Wildman–Crippen MR) is 39.6 cm³/mol. The second-order valence-corrected chi connectivity index (χ2v) is 2.85. The van der Waals surface area contributed by atoms with Crippen LogP contribution in [0, 0.1) is 0 Å². The Morgan fingerprint density at radius 2 is 2.56 bits per heavy atom. The third-order valence-corrected chi connectivity index (χ3v) is 1.82. The van der Waals surface area contributed by atoms with E-state index in [9.17, 15) is 4.79 Å². The van der Waals surface area contributed by atoms with E-state index in [1.807, 2.05) is 13.2 Å². The quantitative estimate of drug-likeness (QED) is 0.566. The Kier molecular flexibility index (Phi) is 3.60. The summed E-state index contributed by atoms with van der Waals surface area (Å²) in [6.45, 7) is 1.83. The number of hydrogen-bond donors (Lipinski definition) is 0. The van der Waals surface area contributed by atoms with Crippen molar-refractivity contribution in [1.29, 1.82) is 0 Å². The Balaban J connectivity index is 3.81. The molecule has 0 saturated heterocycles. The second-order valence-electron chi connectivity index (χ2n) is 1.63. The molecule has 0 aliphatic carbocycles. The Morgan fingerprint density at radius 1 is 2.00 bits per heavy atom. The molecule has 0 heterocycles. The van der Waals surface area contributed by atoms with E-state index in [-0.39, 0.29) is 5.25 Å². The van der Waals surface area contributed by atoms with Gasteiger partial charge in [0.25, 0.3) is 0 Å². The first kappa shape index (κ1) is 6.93. The summed E-state index contributed by atoms with van der Waals surface area (Å²) in [7, 11) is 1.30. The van der Waals surface area contributed by atoms with Crippen molar-refractivity contribution in [2.75, 3.05) is 13.4 Å². The number of thioether (sulfide) groups is 1. The van der Waals surface area contributed by atoms with E-state index in [0.29, 0.717) is 0 Å². The van der Waals surface area contributed by atoms with Gasteiger partial charge in [0.05, 0.1) is 13.5 Å². The molecule has 0 N–H and O–H groups in total. The molecule has 0 aliphatic rings. The largest absolute Gasteiger partial charge is 0.469 e. The topological polar surface area (TPSA) is 26.3 Å². The molecule has 0 amide bonds. The third-order valence-electron chi connectivity index (χ3n) is 0.944. The third kappa shape index (κ3) is 4.33. The van der Waals surface area contributed by atoms with E-state index in [0.717, 1.165) is 0 Å². The van der Waals surface area contributed by atoms with E-state index in [1.165, 1.54) is 18.9 Å². The van der Waals surface area contributed by atoms with E-state index in [4.69, 9.17) is 1.37 Å².